The van der Waals surface area contributed by atoms with Crippen LogP contribution < -0.4 is 0 Å². The summed E-state index contributed by atoms with van der Waals surface area (Å²) in [5.41, 5.74) is 0. The lowest BCUT2D eigenvalue weighted by Gasteiger charge is -2.31. The topological polar surface area (TPSA) is 0 Å². The van der Waals surface area contributed by atoms with E-state index in [1.165, 1.54) is 32.1 Å². The molecular weight excluding hydrogens is 168 g/mol. The van der Waals surface area contributed by atoms with Crippen LogP contribution in [0.25, 0.3) is 0 Å². The molecule has 1 aliphatic rings. The Morgan fingerprint density at radius 3 is 2.50 bits per heavy atom. The van der Waals surface area contributed by atoms with E-state index in [-0.39, 0.29) is 0 Å². The van der Waals surface area contributed by atoms with Crippen molar-refractivity contribution >= 4 is 11.6 Å². The highest BCUT2D eigenvalue weighted by Gasteiger charge is 2.23. The van der Waals surface area contributed by atoms with Gasteiger partial charge in [0, 0.05) is 5.88 Å². The molecule has 0 spiro atoms. The van der Waals surface area contributed by atoms with E-state index in [0.717, 1.165) is 23.6 Å². The maximum atomic E-state index is 5.69. The molecule has 0 amide bonds. The van der Waals surface area contributed by atoms with Gasteiger partial charge in [-0.2, -0.15) is 0 Å². The zero-order valence-corrected chi connectivity index (χ0v) is 9.11. The van der Waals surface area contributed by atoms with Gasteiger partial charge in [0.05, 0.1) is 0 Å². The second kappa shape index (κ2) is 5.11. The van der Waals surface area contributed by atoms with Gasteiger partial charge in [0.1, 0.15) is 0 Å². The molecule has 3 unspecified atom stereocenters. The van der Waals surface area contributed by atoms with Gasteiger partial charge in [0.2, 0.25) is 0 Å². The Labute approximate surface area is 81.7 Å². The molecule has 1 saturated carbocycles. The zero-order valence-electron chi connectivity index (χ0n) is 8.35. The standard InChI is InChI=1S/C11H21Cl/c1-9-5-6-11(4-3-7-12)8-10(9)2/h9-11H,3-8H2,1-2H3. The van der Waals surface area contributed by atoms with Crippen LogP contribution in [0.2, 0.25) is 0 Å². The lowest BCUT2D eigenvalue weighted by Crippen LogP contribution is -2.20. The van der Waals surface area contributed by atoms with Crippen LogP contribution in [-0.2, 0) is 0 Å². The maximum Gasteiger partial charge on any atom is 0.0223 e. The van der Waals surface area contributed by atoms with Crippen LogP contribution in [0, 0.1) is 17.8 Å². The molecule has 0 N–H and O–H groups in total. The number of halogens is 1. The molecule has 0 heterocycles. The smallest absolute Gasteiger partial charge is 0.0223 e. The van der Waals surface area contributed by atoms with Gasteiger partial charge < -0.3 is 0 Å². The van der Waals surface area contributed by atoms with Crippen molar-refractivity contribution < 1.29 is 0 Å². The van der Waals surface area contributed by atoms with Crippen LogP contribution in [0.4, 0.5) is 0 Å². The van der Waals surface area contributed by atoms with E-state index in [4.69, 9.17) is 11.6 Å². The summed E-state index contributed by atoms with van der Waals surface area (Å²) >= 11 is 5.69. The minimum Gasteiger partial charge on any atom is -0.127 e. The highest BCUT2D eigenvalue weighted by atomic mass is 35.5. The summed E-state index contributed by atoms with van der Waals surface area (Å²) in [5.74, 6) is 3.73. The third-order valence-electron chi connectivity index (χ3n) is 3.45. The lowest BCUT2D eigenvalue weighted by molar-refractivity contribution is 0.200. The molecule has 1 rings (SSSR count). The largest absolute Gasteiger partial charge is 0.127 e. The van der Waals surface area contributed by atoms with Gasteiger partial charge >= 0.3 is 0 Å². The first-order valence-corrected chi connectivity index (χ1v) is 5.83. The van der Waals surface area contributed by atoms with E-state index in [2.05, 4.69) is 13.8 Å². The van der Waals surface area contributed by atoms with Crippen LogP contribution in [0.5, 0.6) is 0 Å². The molecule has 0 saturated heterocycles. The fraction of sp³-hybridized carbons (Fsp3) is 1.00. The Kier molecular flexibility index (Phi) is 4.42. The first-order chi connectivity index (χ1) is 5.74. The summed E-state index contributed by atoms with van der Waals surface area (Å²) < 4.78 is 0. The van der Waals surface area contributed by atoms with Crippen molar-refractivity contribution in [3.63, 3.8) is 0 Å². The number of rotatable bonds is 3. The van der Waals surface area contributed by atoms with E-state index in [9.17, 15) is 0 Å². The second-order valence-corrected chi connectivity index (χ2v) is 4.84. The van der Waals surface area contributed by atoms with Crippen molar-refractivity contribution in [3.05, 3.63) is 0 Å². The molecule has 3 atom stereocenters. The van der Waals surface area contributed by atoms with Crippen molar-refractivity contribution in [2.24, 2.45) is 17.8 Å². The quantitative estimate of drug-likeness (QED) is 0.586. The van der Waals surface area contributed by atoms with Crippen molar-refractivity contribution in [3.8, 4) is 0 Å². The Balaban J connectivity index is 2.21. The molecule has 0 aromatic carbocycles. The van der Waals surface area contributed by atoms with Crippen molar-refractivity contribution in [1.82, 2.24) is 0 Å². The normalized spacial score (nSPS) is 36.8. The highest BCUT2D eigenvalue weighted by Crippen LogP contribution is 2.35. The van der Waals surface area contributed by atoms with Gasteiger partial charge in [-0.1, -0.05) is 26.7 Å². The molecule has 0 bridgehead atoms. The van der Waals surface area contributed by atoms with E-state index in [1.54, 1.807) is 0 Å². The lowest BCUT2D eigenvalue weighted by atomic mass is 9.74. The van der Waals surface area contributed by atoms with E-state index in [0.29, 0.717) is 0 Å². The molecule has 0 aromatic rings. The van der Waals surface area contributed by atoms with Crippen molar-refractivity contribution in [1.29, 1.82) is 0 Å². The van der Waals surface area contributed by atoms with E-state index in [1.807, 2.05) is 0 Å². The number of alkyl halides is 1. The van der Waals surface area contributed by atoms with Crippen molar-refractivity contribution in [2.75, 3.05) is 5.88 Å². The molecule has 1 fully saturated rings. The minimum atomic E-state index is 0.848. The summed E-state index contributed by atoms with van der Waals surface area (Å²) in [7, 11) is 0. The first-order valence-electron chi connectivity index (χ1n) is 5.30. The second-order valence-electron chi connectivity index (χ2n) is 4.46. The fourth-order valence-corrected chi connectivity index (χ4v) is 2.44. The summed E-state index contributed by atoms with van der Waals surface area (Å²) in [6.45, 7) is 4.79. The van der Waals surface area contributed by atoms with Crippen LogP contribution >= 0.6 is 11.6 Å². The molecule has 0 radical (unpaired) electrons. The molecule has 0 aromatic heterocycles. The van der Waals surface area contributed by atoms with Gasteiger partial charge in [-0.3, -0.25) is 0 Å². The fourth-order valence-electron chi connectivity index (χ4n) is 2.29. The van der Waals surface area contributed by atoms with Crippen molar-refractivity contribution in [2.45, 2.75) is 46.0 Å². The monoisotopic (exact) mass is 188 g/mol. The molecule has 1 aliphatic carbocycles. The Morgan fingerprint density at radius 1 is 1.17 bits per heavy atom. The van der Waals surface area contributed by atoms with E-state index < -0.39 is 0 Å². The summed E-state index contributed by atoms with van der Waals surface area (Å²) in [6.07, 6.45) is 6.91. The first kappa shape index (κ1) is 10.4. The summed E-state index contributed by atoms with van der Waals surface area (Å²) in [6, 6.07) is 0. The van der Waals surface area contributed by atoms with Gasteiger partial charge in [-0.05, 0) is 37.0 Å². The molecule has 1 heteroatoms. The SMILES string of the molecule is CC1CCC(CCCCl)CC1C. The molecule has 0 nitrogen and oxygen atoms in total. The van der Waals surface area contributed by atoms with Crippen LogP contribution in [0.15, 0.2) is 0 Å². The van der Waals surface area contributed by atoms with Gasteiger partial charge in [-0.25, -0.2) is 0 Å². The molecule has 0 aliphatic heterocycles. The van der Waals surface area contributed by atoms with Gasteiger partial charge in [0.25, 0.3) is 0 Å². The Bertz CT molecular complexity index is 120. The van der Waals surface area contributed by atoms with Gasteiger partial charge in [0.15, 0.2) is 0 Å². The van der Waals surface area contributed by atoms with Gasteiger partial charge in [-0.15, -0.1) is 11.6 Å². The molecular formula is C11H21Cl. The summed E-state index contributed by atoms with van der Waals surface area (Å²) in [4.78, 5) is 0. The average Bonchev–Trinajstić information content (AvgIpc) is 2.07. The van der Waals surface area contributed by atoms with Crippen LogP contribution in [0.3, 0.4) is 0 Å². The van der Waals surface area contributed by atoms with E-state index >= 15 is 0 Å². The molecule has 72 valence electrons. The third kappa shape index (κ3) is 2.97. The average molecular weight is 189 g/mol. The Morgan fingerprint density at radius 2 is 1.92 bits per heavy atom. The predicted molar refractivity (Wildman–Crippen MR) is 55.6 cm³/mol. The minimum absolute atomic E-state index is 0.848. The molecule has 12 heavy (non-hydrogen) atoms. The third-order valence-corrected chi connectivity index (χ3v) is 3.72. The zero-order chi connectivity index (χ0) is 8.97. The van der Waals surface area contributed by atoms with Crippen LogP contribution in [-0.4, -0.2) is 5.88 Å². The predicted octanol–water partition coefficient (Wildman–Crippen LogP) is 4.08. The maximum absolute atomic E-state index is 5.69. The Hall–Kier alpha value is 0.290. The number of hydrogen-bond donors (Lipinski definition) is 0. The summed E-state index contributed by atoms with van der Waals surface area (Å²) in [5, 5.41) is 0. The number of hydrogen-bond acceptors (Lipinski definition) is 0. The van der Waals surface area contributed by atoms with Crippen LogP contribution in [0.1, 0.15) is 46.0 Å². The highest BCUT2D eigenvalue weighted by molar-refractivity contribution is 6.17.